The van der Waals surface area contributed by atoms with E-state index in [1.54, 1.807) is 0 Å². The van der Waals surface area contributed by atoms with Gasteiger partial charge in [-0.3, -0.25) is 0 Å². The summed E-state index contributed by atoms with van der Waals surface area (Å²) in [6, 6.07) is 8.18. The van der Waals surface area contributed by atoms with Crippen molar-refractivity contribution in [3.05, 3.63) is 47.2 Å². The van der Waals surface area contributed by atoms with Crippen LogP contribution in [0.25, 0.3) is 10.9 Å². The van der Waals surface area contributed by atoms with Gasteiger partial charge in [0.25, 0.3) is 0 Å². The number of rotatable bonds is 4. The summed E-state index contributed by atoms with van der Waals surface area (Å²) >= 11 is 0. The van der Waals surface area contributed by atoms with Gasteiger partial charge in [-0.25, -0.2) is 0 Å². The molecule has 0 bridgehead atoms. The molecule has 4 nitrogen and oxygen atoms in total. The Bertz CT molecular complexity index is 743. The predicted octanol–water partition coefficient (Wildman–Crippen LogP) is 2.60. The monoisotopic (exact) mass is 328 g/mol. The number of allylic oxidation sites excluding steroid dienone is 1. The third-order valence-electron chi connectivity index (χ3n) is 5.77. The van der Waals surface area contributed by atoms with Crippen molar-refractivity contribution in [1.82, 2.24) is 9.88 Å². The lowest BCUT2D eigenvalue weighted by atomic mass is 9.66. The maximum atomic E-state index is 10.4. The molecule has 24 heavy (non-hydrogen) atoms. The molecule has 130 valence electrons. The van der Waals surface area contributed by atoms with Gasteiger partial charge in [-0.2, -0.15) is 0 Å². The molecule has 1 aliphatic rings. The zero-order chi connectivity index (χ0) is 17.3. The lowest BCUT2D eigenvalue weighted by Crippen LogP contribution is -2.49. The van der Waals surface area contributed by atoms with Crippen LogP contribution in [0.5, 0.6) is 0 Å². The summed E-state index contributed by atoms with van der Waals surface area (Å²) in [5.74, 6) is 0.139. The van der Waals surface area contributed by atoms with Gasteiger partial charge >= 0.3 is 0 Å². The number of para-hydroxylation sites is 1. The molecule has 1 atom stereocenters. The number of benzene rings is 1. The second-order valence-corrected chi connectivity index (χ2v) is 7.09. The Morgan fingerprint density at radius 3 is 2.62 bits per heavy atom. The maximum Gasteiger partial charge on any atom is 0.0634 e. The summed E-state index contributed by atoms with van der Waals surface area (Å²) in [7, 11) is 2.12. The maximum absolute atomic E-state index is 10.4. The SMILES string of the molecule is C/C=C1\CN(C)CCC1C(CO)(CO)c1[nH]c2ccccc2c1C. The molecule has 4 heteroatoms. The third kappa shape index (κ3) is 2.59. The Kier molecular flexibility index (Phi) is 4.81. The summed E-state index contributed by atoms with van der Waals surface area (Å²) in [6.45, 7) is 5.87. The molecule has 2 heterocycles. The molecule has 1 aromatic heterocycles. The van der Waals surface area contributed by atoms with Crippen LogP contribution >= 0.6 is 0 Å². The number of nitrogens with one attached hydrogen (secondary N) is 1. The Morgan fingerprint density at radius 1 is 1.29 bits per heavy atom. The van der Waals surface area contributed by atoms with Gasteiger partial charge in [-0.15, -0.1) is 0 Å². The van der Waals surface area contributed by atoms with Crippen LogP contribution in [0.2, 0.25) is 0 Å². The number of aryl methyl sites for hydroxylation is 1. The molecule has 1 unspecified atom stereocenters. The number of nitrogens with zero attached hydrogens (tertiary/aromatic N) is 1. The van der Waals surface area contributed by atoms with Crippen molar-refractivity contribution in [1.29, 1.82) is 0 Å². The first-order valence-electron chi connectivity index (χ1n) is 8.70. The van der Waals surface area contributed by atoms with Gasteiger partial charge in [-0.1, -0.05) is 29.8 Å². The van der Waals surface area contributed by atoms with Crippen LogP contribution in [0.4, 0.5) is 0 Å². The van der Waals surface area contributed by atoms with E-state index in [2.05, 4.69) is 49.0 Å². The summed E-state index contributed by atoms with van der Waals surface area (Å²) in [5.41, 5.74) is 3.79. The van der Waals surface area contributed by atoms with Crippen LogP contribution < -0.4 is 0 Å². The average Bonchev–Trinajstić information content (AvgIpc) is 2.95. The minimum Gasteiger partial charge on any atom is -0.395 e. The minimum absolute atomic E-state index is 0.0666. The Hall–Kier alpha value is -1.62. The van der Waals surface area contributed by atoms with Gasteiger partial charge in [0, 0.05) is 23.1 Å². The van der Waals surface area contributed by atoms with Crippen molar-refractivity contribution >= 4 is 10.9 Å². The number of likely N-dealkylation sites (N-methyl/N-ethyl adjacent to an activating group) is 1. The summed E-state index contributed by atoms with van der Waals surface area (Å²) in [4.78, 5) is 5.79. The molecule has 0 radical (unpaired) electrons. The highest BCUT2D eigenvalue weighted by atomic mass is 16.3. The number of piperidine rings is 1. The van der Waals surface area contributed by atoms with E-state index in [-0.39, 0.29) is 19.1 Å². The highest BCUT2D eigenvalue weighted by molar-refractivity contribution is 5.84. The van der Waals surface area contributed by atoms with Crippen LogP contribution in [0.15, 0.2) is 35.9 Å². The van der Waals surface area contributed by atoms with Crippen molar-refractivity contribution in [3.63, 3.8) is 0 Å². The van der Waals surface area contributed by atoms with Gasteiger partial charge in [0.2, 0.25) is 0 Å². The molecular weight excluding hydrogens is 300 g/mol. The van der Waals surface area contributed by atoms with Crippen LogP contribution in [0, 0.1) is 12.8 Å². The van der Waals surface area contributed by atoms with Crippen molar-refractivity contribution in [2.75, 3.05) is 33.4 Å². The van der Waals surface area contributed by atoms with Crippen molar-refractivity contribution in [3.8, 4) is 0 Å². The number of hydrogen-bond donors (Lipinski definition) is 3. The zero-order valence-electron chi connectivity index (χ0n) is 14.8. The Morgan fingerprint density at radius 2 is 2.00 bits per heavy atom. The largest absolute Gasteiger partial charge is 0.395 e. The number of aliphatic hydroxyl groups excluding tert-OH is 2. The summed E-state index contributed by atoms with van der Waals surface area (Å²) < 4.78 is 0. The van der Waals surface area contributed by atoms with Crippen molar-refractivity contribution in [2.24, 2.45) is 5.92 Å². The number of likely N-dealkylation sites (tertiary alicyclic amines) is 1. The first-order valence-corrected chi connectivity index (χ1v) is 8.70. The highest BCUT2D eigenvalue weighted by Crippen LogP contribution is 2.43. The number of H-pyrrole nitrogens is 1. The zero-order valence-corrected chi connectivity index (χ0v) is 14.8. The molecule has 1 saturated heterocycles. The number of hydrogen-bond acceptors (Lipinski definition) is 3. The first kappa shape index (κ1) is 17.2. The fourth-order valence-corrected chi connectivity index (χ4v) is 4.34. The molecule has 3 N–H and O–H groups in total. The fraction of sp³-hybridized carbons (Fsp3) is 0.500. The van der Waals surface area contributed by atoms with E-state index in [1.807, 2.05) is 12.1 Å². The fourth-order valence-electron chi connectivity index (χ4n) is 4.34. The molecule has 1 fully saturated rings. The van der Waals surface area contributed by atoms with Crippen molar-refractivity contribution < 1.29 is 10.2 Å². The third-order valence-corrected chi connectivity index (χ3v) is 5.77. The molecule has 0 spiro atoms. The van der Waals surface area contributed by atoms with Crippen LogP contribution in [0.1, 0.15) is 24.6 Å². The number of aliphatic hydroxyl groups is 2. The van der Waals surface area contributed by atoms with E-state index in [9.17, 15) is 10.2 Å². The Labute approximate surface area is 143 Å². The normalized spacial score (nSPS) is 21.7. The number of aromatic amines is 1. The van der Waals surface area contributed by atoms with Gasteiger partial charge in [-0.05, 0) is 51.4 Å². The lowest BCUT2D eigenvalue weighted by Gasteiger charge is -2.44. The smallest absolute Gasteiger partial charge is 0.0634 e. The summed E-state index contributed by atoms with van der Waals surface area (Å²) in [5, 5.41) is 21.9. The number of fused-ring (bicyclic) bond motifs is 1. The molecule has 2 aromatic rings. The second kappa shape index (κ2) is 6.71. The van der Waals surface area contributed by atoms with E-state index in [4.69, 9.17) is 0 Å². The van der Waals surface area contributed by atoms with Gasteiger partial charge < -0.3 is 20.1 Å². The van der Waals surface area contributed by atoms with E-state index in [0.717, 1.165) is 41.7 Å². The molecule has 1 aliphatic heterocycles. The van der Waals surface area contributed by atoms with Gasteiger partial charge in [0.05, 0.1) is 18.6 Å². The second-order valence-electron chi connectivity index (χ2n) is 7.09. The molecule has 3 rings (SSSR count). The molecule has 0 amide bonds. The predicted molar refractivity (Wildman–Crippen MR) is 98.2 cm³/mol. The average molecular weight is 328 g/mol. The minimum atomic E-state index is -0.674. The summed E-state index contributed by atoms with van der Waals surface area (Å²) in [6.07, 6.45) is 3.09. The van der Waals surface area contributed by atoms with E-state index in [0.29, 0.717) is 0 Å². The first-order chi connectivity index (χ1) is 11.6. The van der Waals surface area contributed by atoms with Crippen molar-refractivity contribution in [2.45, 2.75) is 25.7 Å². The van der Waals surface area contributed by atoms with E-state index >= 15 is 0 Å². The van der Waals surface area contributed by atoms with Crippen LogP contribution in [-0.2, 0) is 5.41 Å². The highest BCUT2D eigenvalue weighted by Gasteiger charge is 2.45. The standard InChI is InChI=1S/C20H28N2O2/c1-4-15-11-22(3)10-9-17(15)20(12-23,13-24)19-14(2)16-7-5-6-8-18(16)21-19/h4-8,17,21,23-24H,9-13H2,1-3H3/b15-4+. The topological polar surface area (TPSA) is 59.5 Å². The van der Waals surface area contributed by atoms with Crippen LogP contribution in [0.3, 0.4) is 0 Å². The van der Waals surface area contributed by atoms with E-state index < -0.39 is 5.41 Å². The van der Waals surface area contributed by atoms with Crippen LogP contribution in [-0.4, -0.2) is 53.4 Å². The Balaban J connectivity index is 2.15. The lowest BCUT2D eigenvalue weighted by molar-refractivity contribution is 0.0607. The quantitative estimate of drug-likeness (QED) is 0.756. The number of aromatic nitrogens is 1. The van der Waals surface area contributed by atoms with Gasteiger partial charge in [0.1, 0.15) is 0 Å². The molecule has 0 aliphatic carbocycles. The van der Waals surface area contributed by atoms with Gasteiger partial charge in [0.15, 0.2) is 0 Å². The molecule has 1 aromatic carbocycles. The van der Waals surface area contributed by atoms with E-state index in [1.165, 1.54) is 5.57 Å². The molecule has 0 saturated carbocycles. The molecular formula is C20H28N2O2.